The fourth-order valence-corrected chi connectivity index (χ4v) is 3.45. The van der Waals surface area contributed by atoms with Gasteiger partial charge in [-0.25, -0.2) is 0 Å². The highest BCUT2D eigenvalue weighted by atomic mass is 16.5. The molecule has 0 amide bonds. The van der Waals surface area contributed by atoms with Crippen molar-refractivity contribution in [1.82, 2.24) is 5.32 Å². The molecule has 0 bridgehead atoms. The molecule has 1 N–H and O–H groups in total. The molecule has 3 aromatic carbocycles. The predicted octanol–water partition coefficient (Wildman–Crippen LogP) is 5.04. The van der Waals surface area contributed by atoms with Gasteiger partial charge in [-0.05, 0) is 58.7 Å². The summed E-state index contributed by atoms with van der Waals surface area (Å²) in [5.74, 6) is 2.71. The second kappa shape index (κ2) is 8.34. The van der Waals surface area contributed by atoms with Gasteiger partial charge in [-0.1, -0.05) is 37.6 Å². The number of hydrogen-bond donors (Lipinski definition) is 1. The smallest absolute Gasteiger partial charge is 0.132 e. The summed E-state index contributed by atoms with van der Waals surface area (Å²) in [6.07, 6.45) is 2.17. The monoisotopic (exact) mass is 374 g/mol. The molecule has 0 radical (unpaired) electrons. The lowest BCUT2D eigenvalue weighted by Crippen LogP contribution is -2.20. The summed E-state index contributed by atoms with van der Waals surface area (Å²) in [7, 11) is 1.69. The number of aliphatic imine (C=N–C) groups is 1. The van der Waals surface area contributed by atoms with Crippen LogP contribution in [0.15, 0.2) is 59.6 Å². The molecule has 0 unspecified atom stereocenters. The molecule has 1 aliphatic rings. The Morgan fingerprint density at radius 2 is 1.79 bits per heavy atom. The highest BCUT2D eigenvalue weighted by Crippen LogP contribution is 2.31. The second-order valence-electron chi connectivity index (χ2n) is 7.00. The zero-order valence-electron chi connectivity index (χ0n) is 16.5. The van der Waals surface area contributed by atoms with Gasteiger partial charge < -0.3 is 14.8 Å². The van der Waals surface area contributed by atoms with Crippen LogP contribution in [0.3, 0.4) is 0 Å². The zero-order valence-corrected chi connectivity index (χ0v) is 16.5. The van der Waals surface area contributed by atoms with E-state index in [4.69, 9.17) is 9.47 Å². The van der Waals surface area contributed by atoms with E-state index in [0.29, 0.717) is 0 Å². The van der Waals surface area contributed by atoms with E-state index in [0.717, 1.165) is 55.4 Å². The number of benzene rings is 3. The number of rotatable bonds is 7. The van der Waals surface area contributed by atoms with Crippen molar-refractivity contribution in [3.8, 4) is 22.6 Å². The number of nitrogens with one attached hydrogen (secondary N) is 1. The van der Waals surface area contributed by atoms with E-state index >= 15 is 0 Å². The maximum atomic E-state index is 6.10. The van der Waals surface area contributed by atoms with Crippen LogP contribution in [-0.4, -0.2) is 32.6 Å². The lowest BCUT2D eigenvalue weighted by molar-refractivity contribution is 0.309. The summed E-state index contributed by atoms with van der Waals surface area (Å²) < 4.78 is 11.4. The van der Waals surface area contributed by atoms with Crippen LogP contribution < -0.4 is 14.8 Å². The van der Waals surface area contributed by atoms with E-state index in [1.165, 1.54) is 21.9 Å². The van der Waals surface area contributed by atoms with Crippen molar-refractivity contribution >= 4 is 16.6 Å². The number of nitrogens with zero attached hydrogens (tertiary/aromatic N) is 1. The average Bonchev–Trinajstić information content (AvgIpc) is 3.28. The first-order valence-electron chi connectivity index (χ1n) is 9.92. The van der Waals surface area contributed by atoms with Crippen molar-refractivity contribution in [2.75, 3.05) is 26.8 Å². The van der Waals surface area contributed by atoms with Crippen LogP contribution in [0.1, 0.15) is 25.3 Å². The summed E-state index contributed by atoms with van der Waals surface area (Å²) in [6.45, 7) is 4.60. The standard InChI is InChI=1S/C24H26N2O2/c1-3-4-13-28-23-16-19-6-5-18(17-7-9-21(27-2)10-8-17)14-20(19)15-22(23)24-25-11-12-26-24/h5-10,14-16H,3-4,11-13H2,1-2H3,(H,25,26). The van der Waals surface area contributed by atoms with E-state index in [-0.39, 0.29) is 0 Å². The van der Waals surface area contributed by atoms with Crippen LogP contribution in [0.5, 0.6) is 11.5 Å². The third-order valence-corrected chi connectivity index (χ3v) is 5.05. The van der Waals surface area contributed by atoms with E-state index in [1.54, 1.807) is 7.11 Å². The molecule has 0 aliphatic carbocycles. The van der Waals surface area contributed by atoms with Crippen molar-refractivity contribution < 1.29 is 9.47 Å². The number of fused-ring (bicyclic) bond motifs is 1. The van der Waals surface area contributed by atoms with Crippen molar-refractivity contribution in [2.24, 2.45) is 4.99 Å². The van der Waals surface area contributed by atoms with Crippen molar-refractivity contribution in [3.63, 3.8) is 0 Å². The highest BCUT2D eigenvalue weighted by molar-refractivity contribution is 6.06. The zero-order chi connectivity index (χ0) is 19.3. The van der Waals surface area contributed by atoms with Gasteiger partial charge in [-0.2, -0.15) is 0 Å². The van der Waals surface area contributed by atoms with Crippen molar-refractivity contribution in [2.45, 2.75) is 19.8 Å². The predicted molar refractivity (Wildman–Crippen MR) is 116 cm³/mol. The number of unbranched alkanes of at least 4 members (excludes halogenated alkanes) is 1. The molecule has 0 fully saturated rings. The minimum atomic E-state index is 0.728. The fourth-order valence-electron chi connectivity index (χ4n) is 3.45. The Labute approximate surface area is 166 Å². The van der Waals surface area contributed by atoms with Crippen LogP contribution in [0.4, 0.5) is 0 Å². The molecule has 144 valence electrons. The van der Waals surface area contributed by atoms with Gasteiger partial charge in [0.05, 0.1) is 25.8 Å². The largest absolute Gasteiger partial charge is 0.497 e. The molecule has 4 nitrogen and oxygen atoms in total. The van der Waals surface area contributed by atoms with E-state index in [9.17, 15) is 0 Å². The molecule has 0 saturated carbocycles. The van der Waals surface area contributed by atoms with Gasteiger partial charge >= 0.3 is 0 Å². The third kappa shape index (κ3) is 3.81. The van der Waals surface area contributed by atoms with Crippen LogP contribution in [0, 0.1) is 0 Å². The molecule has 4 heteroatoms. The van der Waals surface area contributed by atoms with Crippen molar-refractivity contribution in [3.05, 3.63) is 60.2 Å². The Balaban J connectivity index is 1.74. The fraction of sp³-hybridized carbons (Fsp3) is 0.292. The molecule has 1 aliphatic heterocycles. The summed E-state index contributed by atoms with van der Waals surface area (Å²) >= 11 is 0. The first kappa shape index (κ1) is 18.4. The molecule has 0 atom stereocenters. The second-order valence-corrected chi connectivity index (χ2v) is 7.00. The van der Waals surface area contributed by atoms with Crippen molar-refractivity contribution in [1.29, 1.82) is 0 Å². The normalized spacial score (nSPS) is 13.3. The van der Waals surface area contributed by atoms with Crippen LogP contribution >= 0.6 is 0 Å². The van der Waals surface area contributed by atoms with Gasteiger partial charge in [-0.3, -0.25) is 4.99 Å². The lowest BCUT2D eigenvalue weighted by atomic mass is 9.99. The topological polar surface area (TPSA) is 42.9 Å². The minimum absolute atomic E-state index is 0.728. The summed E-state index contributed by atoms with van der Waals surface area (Å²) in [5, 5.41) is 5.74. The van der Waals surface area contributed by atoms with Gasteiger partial charge in [0.1, 0.15) is 17.3 Å². The summed E-state index contributed by atoms with van der Waals surface area (Å²) in [6, 6.07) is 19.0. The van der Waals surface area contributed by atoms with Gasteiger partial charge in [0.25, 0.3) is 0 Å². The molecule has 3 aromatic rings. The average molecular weight is 374 g/mol. The number of amidine groups is 1. The quantitative estimate of drug-likeness (QED) is 0.589. The van der Waals surface area contributed by atoms with Gasteiger partial charge in [0, 0.05) is 6.54 Å². The first-order chi connectivity index (χ1) is 13.8. The Kier molecular flexibility index (Phi) is 5.47. The number of hydrogen-bond acceptors (Lipinski definition) is 4. The molecule has 1 heterocycles. The van der Waals surface area contributed by atoms with E-state index in [2.05, 4.69) is 59.7 Å². The molecule has 0 saturated heterocycles. The SMILES string of the molecule is CCCCOc1cc2ccc(-c3ccc(OC)cc3)cc2cc1C1=NCCN1. The van der Waals surface area contributed by atoms with E-state index < -0.39 is 0 Å². The van der Waals surface area contributed by atoms with Gasteiger partial charge in [0.15, 0.2) is 0 Å². The molecule has 0 aromatic heterocycles. The first-order valence-corrected chi connectivity index (χ1v) is 9.92. The van der Waals surface area contributed by atoms with Crippen LogP contribution in [-0.2, 0) is 0 Å². The number of methoxy groups -OCH3 is 1. The Morgan fingerprint density at radius 3 is 2.50 bits per heavy atom. The van der Waals surface area contributed by atoms with Crippen LogP contribution in [0.25, 0.3) is 21.9 Å². The van der Waals surface area contributed by atoms with Gasteiger partial charge in [0.2, 0.25) is 0 Å². The minimum Gasteiger partial charge on any atom is -0.497 e. The van der Waals surface area contributed by atoms with Gasteiger partial charge in [-0.15, -0.1) is 0 Å². The molecular weight excluding hydrogens is 348 g/mol. The third-order valence-electron chi connectivity index (χ3n) is 5.05. The Hall–Kier alpha value is -3.01. The lowest BCUT2D eigenvalue weighted by Gasteiger charge is -2.14. The highest BCUT2D eigenvalue weighted by Gasteiger charge is 2.15. The Bertz CT molecular complexity index is 993. The molecule has 0 spiro atoms. The Morgan fingerprint density at radius 1 is 0.964 bits per heavy atom. The number of ether oxygens (including phenoxy) is 2. The summed E-state index contributed by atoms with van der Waals surface area (Å²) in [4.78, 5) is 4.61. The molecule has 28 heavy (non-hydrogen) atoms. The maximum absolute atomic E-state index is 6.10. The maximum Gasteiger partial charge on any atom is 0.132 e. The van der Waals surface area contributed by atoms with Crippen LogP contribution in [0.2, 0.25) is 0 Å². The molecular formula is C24H26N2O2. The summed E-state index contributed by atoms with van der Waals surface area (Å²) in [5.41, 5.74) is 3.40. The molecule has 4 rings (SSSR count). The van der Waals surface area contributed by atoms with E-state index in [1.807, 2.05) is 12.1 Å².